The fourth-order valence-electron chi connectivity index (χ4n) is 1.78. The third kappa shape index (κ3) is 2.12. The summed E-state index contributed by atoms with van der Waals surface area (Å²) < 4.78 is 0. The molecule has 80 valence electrons. The minimum absolute atomic E-state index is 0.000486. The molecule has 3 heteroatoms. The molecule has 0 unspecified atom stereocenters. The van der Waals surface area contributed by atoms with Crippen molar-refractivity contribution in [2.24, 2.45) is 5.41 Å². The predicted molar refractivity (Wildman–Crippen MR) is 61.0 cm³/mol. The van der Waals surface area contributed by atoms with Crippen LogP contribution in [0, 0.1) is 5.41 Å². The summed E-state index contributed by atoms with van der Waals surface area (Å²) in [6.45, 7) is 5.82. The molecule has 1 saturated heterocycles. The molecule has 1 aromatic rings. The average Bonchev–Trinajstić information content (AvgIpc) is 2.23. The Hall–Kier alpha value is -1.51. The van der Waals surface area contributed by atoms with Gasteiger partial charge in [0.1, 0.15) is 0 Å². The van der Waals surface area contributed by atoms with E-state index in [1.54, 1.807) is 4.90 Å². The Balaban J connectivity index is 2.24. The molecule has 1 fully saturated rings. The van der Waals surface area contributed by atoms with Crippen molar-refractivity contribution in [1.82, 2.24) is 5.32 Å². The first kappa shape index (κ1) is 10.0. The first-order chi connectivity index (χ1) is 7.08. The van der Waals surface area contributed by atoms with Gasteiger partial charge in [-0.3, -0.25) is 4.90 Å². The lowest BCUT2D eigenvalue weighted by molar-refractivity contribution is 0.224. The molecular formula is C12H16N2O. The van der Waals surface area contributed by atoms with Gasteiger partial charge in [0.25, 0.3) is 0 Å². The predicted octanol–water partition coefficient (Wildman–Crippen LogP) is 2.24. The Kier molecular flexibility index (Phi) is 2.39. The van der Waals surface area contributed by atoms with Crippen molar-refractivity contribution in [1.29, 1.82) is 0 Å². The Morgan fingerprint density at radius 1 is 1.27 bits per heavy atom. The summed E-state index contributed by atoms with van der Waals surface area (Å²) in [6, 6.07) is 9.77. The first-order valence-corrected chi connectivity index (χ1v) is 5.19. The Bertz CT molecular complexity index is 359. The minimum Gasteiger partial charge on any atom is -0.337 e. The number of carbonyl (C=O) groups excluding carboxylic acids is 1. The second-order valence-electron chi connectivity index (χ2n) is 4.74. The molecule has 0 atom stereocenters. The molecule has 1 N–H and O–H groups in total. The van der Waals surface area contributed by atoms with E-state index in [-0.39, 0.29) is 11.4 Å². The second kappa shape index (κ2) is 3.57. The lowest BCUT2D eigenvalue weighted by atomic mass is 9.91. The Morgan fingerprint density at radius 3 is 2.60 bits per heavy atom. The number of benzene rings is 1. The van der Waals surface area contributed by atoms with Crippen molar-refractivity contribution >= 4 is 11.7 Å². The first-order valence-electron chi connectivity index (χ1n) is 5.19. The van der Waals surface area contributed by atoms with Crippen molar-refractivity contribution < 1.29 is 4.79 Å². The summed E-state index contributed by atoms with van der Waals surface area (Å²) in [7, 11) is 0. The van der Waals surface area contributed by atoms with Crippen LogP contribution in [-0.4, -0.2) is 19.1 Å². The number of amides is 2. The van der Waals surface area contributed by atoms with Crippen LogP contribution < -0.4 is 10.2 Å². The zero-order chi connectivity index (χ0) is 10.9. The molecule has 0 radical (unpaired) electrons. The molecule has 0 aromatic heterocycles. The number of carbonyl (C=O) groups is 1. The van der Waals surface area contributed by atoms with Gasteiger partial charge in [0, 0.05) is 24.2 Å². The molecule has 1 heterocycles. The van der Waals surface area contributed by atoms with Gasteiger partial charge in [-0.2, -0.15) is 0 Å². The van der Waals surface area contributed by atoms with Crippen molar-refractivity contribution in [3.8, 4) is 0 Å². The third-order valence-corrected chi connectivity index (χ3v) is 2.62. The Morgan fingerprint density at radius 2 is 1.93 bits per heavy atom. The van der Waals surface area contributed by atoms with Crippen LogP contribution in [0.25, 0.3) is 0 Å². The van der Waals surface area contributed by atoms with Crippen LogP contribution in [0.4, 0.5) is 10.5 Å². The molecule has 0 saturated carbocycles. The summed E-state index contributed by atoms with van der Waals surface area (Å²) >= 11 is 0. The maximum atomic E-state index is 11.7. The Labute approximate surface area is 90.1 Å². The maximum absolute atomic E-state index is 11.7. The van der Waals surface area contributed by atoms with Gasteiger partial charge >= 0.3 is 6.03 Å². The normalized spacial score (nSPS) is 19.9. The highest BCUT2D eigenvalue weighted by molar-refractivity contribution is 5.92. The van der Waals surface area contributed by atoms with E-state index in [0.717, 1.165) is 18.8 Å². The van der Waals surface area contributed by atoms with Crippen LogP contribution in [0.2, 0.25) is 0 Å². The molecule has 1 aliphatic heterocycles. The van der Waals surface area contributed by atoms with Gasteiger partial charge in [0.15, 0.2) is 0 Å². The summed E-state index contributed by atoms with van der Waals surface area (Å²) in [4.78, 5) is 13.5. The largest absolute Gasteiger partial charge is 0.337 e. The molecule has 0 bridgehead atoms. The van der Waals surface area contributed by atoms with E-state index in [0.29, 0.717) is 0 Å². The summed E-state index contributed by atoms with van der Waals surface area (Å²) in [5, 5.41) is 2.91. The van der Waals surface area contributed by atoms with E-state index in [4.69, 9.17) is 0 Å². The van der Waals surface area contributed by atoms with Crippen LogP contribution in [0.15, 0.2) is 30.3 Å². The quantitative estimate of drug-likeness (QED) is 0.747. The van der Waals surface area contributed by atoms with Crippen molar-refractivity contribution in [3.63, 3.8) is 0 Å². The number of nitrogens with zero attached hydrogens (tertiary/aromatic N) is 1. The highest BCUT2D eigenvalue weighted by Gasteiger charge is 2.31. The fourth-order valence-corrected chi connectivity index (χ4v) is 1.78. The van der Waals surface area contributed by atoms with Gasteiger partial charge in [-0.1, -0.05) is 32.0 Å². The van der Waals surface area contributed by atoms with Crippen LogP contribution >= 0.6 is 0 Å². The van der Waals surface area contributed by atoms with Gasteiger partial charge < -0.3 is 5.32 Å². The SMILES string of the molecule is CC1(C)CNC(=O)N(c2ccccc2)C1. The smallest absolute Gasteiger partial charge is 0.321 e. The maximum Gasteiger partial charge on any atom is 0.321 e. The van der Waals surface area contributed by atoms with Gasteiger partial charge in [-0.05, 0) is 12.1 Å². The van der Waals surface area contributed by atoms with E-state index in [1.807, 2.05) is 30.3 Å². The lowest BCUT2D eigenvalue weighted by Crippen LogP contribution is -2.55. The molecule has 0 aliphatic carbocycles. The molecule has 0 spiro atoms. The van der Waals surface area contributed by atoms with E-state index >= 15 is 0 Å². The van der Waals surface area contributed by atoms with Gasteiger partial charge in [0.05, 0.1) is 0 Å². The van der Waals surface area contributed by atoms with Crippen molar-refractivity contribution in [3.05, 3.63) is 30.3 Å². The van der Waals surface area contributed by atoms with Gasteiger partial charge in [0.2, 0.25) is 0 Å². The van der Waals surface area contributed by atoms with E-state index in [9.17, 15) is 4.79 Å². The molecule has 15 heavy (non-hydrogen) atoms. The monoisotopic (exact) mass is 204 g/mol. The average molecular weight is 204 g/mol. The molecule has 1 aromatic carbocycles. The molecule has 3 nitrogen and oxygen atoms in total. The second-order valence-corrected chi connectivity index (χ2v) is 4.74. The number of rotatable bonds is 1. The van der Waals surface area contributed by atoms with Crippen LogP contribution in [0.3, 0.4) is 0 Å². The lowest BCUT2D eigenvalue weighted by Gasteiger charge is -2.38. The molecule has 1 aliphatic rings. The van der Waals surface area contributed by atoms with Crippen LogP contribution in [-0.2, 0) is 0 Å². The van der Waals surface area contributed by atoms with Crippen molar-refractivity contribution in [2.45, 2.75) is 13.8 Å². The fraction of sp³-hybridized carbons (Fsp3) is 0.417. The summed E-state index contributed by atoms with van der Waals surface area (Å²) in [6.07, 6.45) is 0. The minimum atomic E-state index is 0.000486. The van der Waals surface area contributed by atoms with E-state index < -0.39 is 0 Å². The zero-order valence-electron chi connectivity index (χ0n) is 9.16. The molecule has 2 amide bonds. The number of urea groups is 1. The van der Waals surface area contributed by atoms with E-state index in [2.05, 4.69) is 19.2 Å². The number of nitrogens with one attached hydrogen (secondary N) is 1. The topological polar surface area (TPSA) is 32.3 Å². The van der Waals surface area contributed by atoms with Gasteiger partial charge in [-0.25, -0.2) is 4.79 Å². The summed E-state index contributed by atoms with van der Waals surface area (Å²) in [5.74, 6) is 0. The molecule has 2 rings (SSSR count). The number of hydrogen-bond acceptors (Lipinski definition) is 1. The molecular weight excluding hydrogens is 188 g/mol. The standard InChI is InChI=1S/C12H16N2O/c1-12(2)8-13-11(15)14(9-12)10-6-4-3-5-7-10/h3-7H,8-9H2,1-2H3,(H,13,15). The summed E-state index contributed by atoms with van der Waals surface area (Å²) in [5.41, 5.74) is 1.09. The number of para-hydroxylation sites is 1. The highest BCUT2D eigenvalue weighted by Crippen LogP contribution is 2.24. The highest BCUT2D eigenvalue weighted by atomic mass is 16.2. The van der Waals surface area contributed by atoms with Gasteiger partial charge in [-0.15, -0.1) is 0 Å². The number of hydrogen-bond donors (Lipinski definition) is 1. The third-order valence-electron chi connectivity index (χ3n) is 2.62. The number of anilines is 1. The van der Waals surface area contributed by atoms with Crippen LogP contribution in [0.5, 0.6) is 0 Å². The van der Waals surface area contributed by atoms with Crippen molar-refractivity contribution in [2.75, 3.05) is 18.0 Å². The van der Waals surface area contributed by atoms with E-state index in [1.165, 1.54) is 0 Å². The zero-order valence-corrected chi connectivity index (χ0v) is 9.16. The van der Waals surface area contributed by atoms with Crippen LogP contribution in [0.1, 0.15) is 13.8 Å².